The highest BCUT2D eigenvalue weighted by Crippen LogP contribution is 2.34. The first-order valence-electron chi connectivity index (χ1n) is 10.2. The van der Waals surface area contributed by atoms with E-state index in [-0.39, 0.29) is 6.73 Å². The molecule has 0 atom stereocenters. The van der Waals surface area contributed by atoms with Crippen LogP contribution < -0.4 is 15.8 Å². The van der Waals surface area contributed by atoms with E-state index in [1.165, 1.54) is 0 Å². The Balaban J connectivity index is 1.57. The molecule has 0 spiro atoms. The van der Waals surface area contributed by atoms with Crippen molar-refractivity contribution < 1.29 is 9.47 Å². The van der Waals surface area contributed by atoms with Gasteiger partial charge >= 0.3 is 0 Å². The number of morpholine rings is 1. The summed E-state index contributed by atoms with van der Waals surface area (Å²) in [5, 5.41) is 4.67. The standard InChI is InChI=1S/C23H27N5O2/c1-25-22-15-18(3-5-23(22)30-16-24)17-2-4-20-19(14-17)21(6-7-26-20)27-8-9-28-10-12-29-13-11-28/h2-7,14-15H,1,8-13,16,24H2,(H,26,27). The van der Waals surface area contributed by atoms with Crippen LogP contribution in [0, 0.1) is 0 Å². The molecule has 2 heterocycles. The van der Waals surface area contributed by atoms with Crippen molar-refractivity contribution in [2.75, 3.05) is 51.4 Å². The number of anilines is 1. The van der Waals surface area contributed by atoms with Crippen LogP contribution in [0.2, 0.25) is 0 Å². The second-order valence-electron chi connectivity index (χ2n) is 7.12. The predicted molar refractivity (Wildman–Crippen MR) is 122 cm³/mol. The fraction of sp³-hybridized carbons (Fsp3) is 0.304. The first-order valence-corrected chi connectivity index (χ1v) is 10.2. The zero-order valence-corrected chi connectivity index (χ0v) is 17.0. The molecule has 0 radical (unpaired) electrons. The fourth-order valence-electron chi connectivity index (χ4n) is 3.69. The summed E-state index contributed by atoms with van der Waals surface area (Å²) in [7, 11) is 0. The third-order valence-electron chi connectivity index (χ3n) is 5.29. The van der Waals surface area contributed by atoms with Gasteiger partial charge in [-0.15, -0.1) is 0 Å². The summed E-state index contributed by atoms with van der Waals surface area (Å²) < 4.78 is 10.8. The molecule has 1 saturated heterocycles. The zero-order valence-electron chi connectivity index (χ0n) is 17.0. The number of fused-ring (bicyclic) bond motifs is 1. The van der Waals surface area contributed by atoms with Gasteiger partial charge in [0, 0.05) is 43.4 Å². The molecule has 3 aromatic rings. The van der Waals surface area contributed by atoms with Gasteiger partial charge < -0.3 is 14.8 Å². The number of nitrogens with one attached hydrogen (secondary N) is 1. The molecule has 3 N–H and O–H groups in total. The molecule has 7 nitrogen and oxygen atoms in total. The Bertz CT molecular complexity index is 1020. The highest BCUT2D eigenvalue weighted by Gasteiger charge is 2.11. The van der Waals surface area contributed by atoms with Gasteiger partial charge in [-0.1, -0.05) is 12.1 Å². The lowest BCUT2D eigenvalue weighted by Crippen LogP contribution is -2.39. The van der Waals surface area contributed by atoms with Gasteiger partial charge in [0.1, 0.15) is 18.2 Å². The molecule has 1 fully saturated rings. The minimum absolute atomic E-state index is 0.100. The topological polar surface area (TPSA) is 85.0 Å². The Morgan fingerprint density at radius 1 is 1.13 bits per heavy atom. The number of ether oxygens (including phenoxy) is 2. The number of pyridine rings is 1. The van der Waals surface area contributed by atoms with E-state index in [1.54, 1.807) is 0 Å². The lowest BCUT2D eigenvalue weighted by molar-refractivity contribution is 0.0398. The summed E-state index contributed by atoms with van der Waals surface area (Å²) in [6.45, 7) is 9.23. The van der Waals surface area contributed by atoms with E-state index in [0.29, 0.717) is 11.4 Å². The van der Waals surface area contributed by atoms with Crippen LogP contribution in [0.25, 0.3) is 22.0 Å². The van der Waals surface area contributed by atoms with Crippen LogP contribution >= 0.6 is 0 Å². The fourth-order valence-corrected chi connectivity index (χ4v) is 3.69. The van der Waals surface area contributed by atoms with E-state index in [1.807, 2.05) is 36.5 Å². The number of aromatic nitrogens is 1. The van der Waals surface area contributed by atoms with Gasteiger partial charge in [-0.2, -0.15) is 0 Å². The van der Waals surface area contributed by atoms with E-state index < -0.39 is 0 Å². The van der Waals surface area contributed by atoms with Gasteiger partial charge in [-0.05, 0) is 48.2 Å². The van der Waals surface area contributed by atoms with Crippen molar-refractivity contribution in [3.8, 4) is 16.9 Å². The summed E-state index contributed by atoms with van der Waals surface area (Å²) >= 11 is 0. The van der Waals surface area contributed by atoms with E-state index >= 15 is 0 Å². The quantitative estimate of drug-likeness (QED) is 0.442. The van der Waals surface area contributed by atoms with E-state index in [4.69, 9.17) is 15.2 Å². The van der Waals surface area contributed by atoms with Crippen molar-refractivity contribution in [2.24, 2.45) is 10.7 Å². The van der Waals surface area contributed by atoms with Crippen LogP contribution in [0.3, 0.4) is 0 Å². The van der Waals surface area contributed by atoms with Crippen molar-refractivity contribution in [1.82, 2.24) is 9.88 Å². The van der Waals surface area contributed by atoms with Crippen molar-refractivity contribution >= 4 is 29.0 Å². The molecule has 2 aromatic carbocycles. The molecule has 1 aromatic heterocycles. The van der Waals surface area contributed by atoms with Crippen molar-refractivity contribution in [2.45, 2.75) is 0 Å². The summed E-state index contributed by atoms with van der Waals surface area (Å²) in [6.07, 6.45) is 1.85. The van der Waals surface area contributed by atoms with E-state index in [2.05, 4.69) is 39.0 Å². The molecule has 7 heteroatoms. The Kier molecular flexibility index (Phi) is 6.53. The lowest BCUT2D eigenvalue weighted by Gasteiger charge is -2.26. The maximum atomic E-state index is 5.49. The molecule has 1 aliphatic heterocycles. The molecule has 0 saturated carbocycles. The van der Waals surface area contributed by atoms with Crippen LogP contribution in [0.4, 0.5) is 11.4 Å². The number of nitrogens with zero attached hydrogens (tertiary/aromatic N) is 3. The minimum Gasteiger partial charge on any atom is -0.476 e. The number of hydrogen-bond donors (Lipinski definition) is 2. The third-order valence-corrected chi connectivity index (χ3v) is 5.29. The minimum atomic E-state index is 0.100. The summed E-state index contributed by atoms with van der Waals surface area (Å²) in [6, 6.07) is 14.1. The highest BCUT2D eigenvalue weighted by atomic mass is 16.5. The number of aliphatic imine (C=N–C) groups is 1. The van der Waals surface area contributed by atoms with Gasteiger partial charge in [0.2, 0.25) is 0 Å². The molecule has 0 bridgehead atoms. The first-order chi connectivity index (χ1) is 14.8. The molecule has 0 unspecified atom stereocenters. The second kappa shape index (κ2) is 9.67. The average molecular weight is 406 g/mol. The third kappa shape index (κ3) is 4.59. The second-order valence-corrected chi connectivity index (χ2v) is 7.12. The number of hydrogen-bond acceptors (Lipinski definition) is 7. The first kappa shape index (κ1) is 20.3. The van der Waals surface area contributed by atoms with Crippen LogP contribution in [-0.4, -0.2) is 62.7 Å². The maximum absolute atomic E-state index is 5.49. The average Bonchev–Trinajstić information content (AvgIpc) is 2.80. The molecule has 1 aliphatic rings. The van der Waals surface area contributed by atoms with Gasteiger partial charge in [-0.25, -0.2) is 0 Å². The SMILES string of the molecule is C=Nc1cc(-c2ccc3nccc(NCCN4CCOCC4)c3c2)ccc1OCN. The Hall–Kier alpha value is -3.00. The van der Waals surface area contributed by atoms with Gasteiger partial charge in [-0.3, -0.25) is 20.6 Å². The Morgan fingerprint density at radius 3 is 2.73 bits per heavy atom. The van der Waals surface area contributed by atoms with Crippen LogP contribution in [0.1, 0.15) is 0 Å². The normalized spacial score (nSPS) is 14.6. The predicted octanol–water partition coefficient (Wildman–Crippen LogP) is 3.27. The number of benzene rings is 2. The van der Waals surface area contributed by atoms with E-state index in [9.17, 15) is 0 Å². The molecule has 4 rings (SSSR count). The smallest absolute Gasteiger partial charge is 0.146 e. The highest BCUT2D eigenvalue weighted by molar-refractivity contribution is 5.94. The Labute approximate surface area is 176 Å². The maximum Gasteiger partial charge on any atom is 0.146 e. The van der Waals surface area contributed by atoms with Crippen LogP contribution in [0.5, 0.6) is 5.75 Å². The molecule has 30 heavy (non-hydrogen) atoms. The van der Waals surface area contributed by atoms with Crippen molar-refractivity contribution in [1.29, 1.82) is 0 Å². The molecular weight excluding hydrogens is 378 g/mol. The molecular formula is C23H27N5O2. The zero-order chi connectivity index (χ0) is 20.8. The summed E-state index contributed by atoms with van der Waals surface area (Å²) in [5.74, 6) is 0.629. The van der Waals surface area contributed by atoms with Crippen molar-refractivity contribution in [3.63, 3.8) is 0 Å². The largest absolute Gasteiger partial charge is 0.476 e. The van der Waals surface area contributed by atoms with Gasteiger partial charge in [0.25, 0.3) is 0 Å². The van der Waals surface area contributed by atoms with Gasteiger partial charge in [0.05, 0.1) is 18.7 Å². The summed E-state index contributed by atoms with van der Waals surface area (Å²) in [4.78, 5) is 11.0. The Morgan fingerprint density at radius 2 is 1.93 bits per heavy atom. The number of nitrogens with two attached hydrogens (primary N) is 1. The monoisotopic (exact) mass is 405 g/mol. The summed E-state index contributed by atoms with van der Waals surface area (Å²) in [5.41, 5.74) is 10.3. The van der Waals surface area contributed by atoms with E-state index in [0.717, 1.165) is 67.1 Å². The van der Waals surface area contributed by atoms with Crippen LogP contribution in [0.15, 0.2) is 53.7 Å². The van der Waals surface area contributed by atoms with Crippen molar-refractivity contribution in [3.05, 3.63) is 48.7 Å². The van der Waals surface area contributed by atoms with Crippen LogP contribution in [-0.2, 0) is 4.74 Å². The molecule has 0 amide bonds. The van der Waals surface area contributed by atoms with Gasteiger partial charge in [0.15, 0.2) is 0 Å². The molecule has 156 valence electrons. The lowest BCUT2D eigenvalue weighted by atomic mass is 10.0. The molecule has 0 aliphatic carbocycles. The number of rotatable bonds is 8.